The summed E-state index contributed by atoms with van der Waals surface area (Å²) < 4.78 is 0. The smallest absolute Gasteiger partial charge is 0.233 e. The zero-order valence-electron chi connectivity index (χ0n) is 8.59. The summed E-state index contributed by atoms with van der Waals surface area (Å²) in [5.74, 6) is 0.0327. The standard InChI is InChI=1S/C10H20N2O2/c13-7-3-6-11-10(14)8-12-9-4-1-2-5-9/h9,12-13H,1-8H2,(H,11,14). The average Bonchev–Trinajstić information content (AvgIpc) is 2.68. The molecule has 3 N–H and O–H groups in total. The predicted octanol–water partition coefficient (Wildman–Crippen LogP) is 0.0172. The molecule has 1 aliphatic rings. The van der Waals surface area contributed by atoms with Crippen molar-refractivity contribution in [3.63, 3.8) is 0 Å². The van der Waals surface area contributed by atoms with Gasteiger partial charge in [0.1, 0.15) is 0 Å². The second-order valence-corrected chi connectivity index (χ2v) is 3.79. The number of hydrogen-bond donors (Lipinski definition) is 3. The Kier molecular flexibility index (Phi) is 5.56. The zero-order valence-corrected chi connectivity index (χ0v) is 8.59. The summed E-state index contributed by atoms with van der Waals surface area (Å²) in [7, 11) is 0. The summed E-state index contributed by atoms with van der Waals surface area (Å²) in [6.45, 7) is 1.12. The van der Waals surface area contributed by atoms with Gasteiger partial charge in [-0.25, -0.2) is 0 Å². The van der Waals surface area contributed by atoms with E-state index >= 15 is 0 Å². The largest absolute Gasteiger partial charge is 0.396 e. The number of nitrogens with one attached hydrogen (secondary N) is 2. The SMILES string of the molecule is O=C(CNC1CCCC1)NCCCO. The first kappa shape index (κ1) is 11.5. The Morgan fingerprint density at radius 2 is 2.07 bits per heavy atom. The molecular weight excluding hydrogens is 180 g/mol. The van der Waals surface area contributed by atoms with Gasteiger partial charge >= 0.3 is 0 Å². The highest BCUT2D eigenvalue weighted by atomic mass is 16.3. The Morgan fingerprint density at radius 3 is 2.71 bits per heavy atom. The molecule has 0 aromatic carbocycles. The van der Waals surface area contributed by atoms with Crippen molar-refractivity contribution in [1.29, 1.82) is 0 Å². The van der Waals surface area contributed by atoms with Crippen LogP contribution in [0.4, 0.5) is 0 Å². The van der Waals surface area contributed by atoms with Crippen LogP contribution in [-0.4, -0.2) is 36.8 Å². The molecule has 1 rings (SSSR count). The fraction of sp³-hybridized carbons (Fsp3) is 0.900. The maximum absolute atomic E-state index is 11.2. The van der Waals surface area contributed by atoms with E-state index in [0.29, 0.717) is 25.6 Å². The Bertz CT molecular complexity index is 168. The van der Waals surface area contributed by atoms with E-state index in [2.05, 4.69) is 10.6 Å². The first-order chi connectivity index (χ1) is 6.83. The Balaban J connectivity index is 1.96. The Labute approximate surface area is 85.1 Å². The minimum absolute atomic E-state index is 0.0327. The quantitative estimate of drug-likeness (QED) is 0.530. The summed E-state index contributed by atoms with van der Waals surface area (Å²) in [5, 5.41) is 14.5. The van der Waals surface area contributed by atoms with Gasteiger partial charge in [0.05, 0.1) is 6.54 Å². The van der Waals surface area contributed by atoms with Gasteiger partial charge in [-0.05, 0) is 19.3 Å². The number of hydrogen-bond acceptors (Lipinski definition) is 3. The van der Waals surface area contributed by atoms with Gasteiger partial charge in [-0.2, -0.15) is 0 Å². The molecule has 4 nitrogen and oxygen atoms in total. The monoisotopic (exact) mass is 200 g/mol. The molecule has 82 valence electrons. The Morgan fingerprint density at radius 1 is 1.36 bits per heavy atom. The molecule has 0 spiro atoms. The van der Waals surface area contributed by atoms with E-state index in [-0.39, 0.29) is 12.5 Å². The highest BCUT2D eigenvalue weighted by Gasteiger charge is 2.14. The number of carbonyl (C=O) groups excluding carboxylic acids is 1. The molecular formula is C10H20N2O2. The van der Waals surface area contributed by atoms with Crippen molar-refractivity contribution in [2.75, 3.05) is 19.7 Å². The van der Waals surface area contributed by atoms with E-state index in [4.69, 9.17) is 5.11 Å². The summed E-state index contributed by atoms with van der Waals surface area (Å²) in [6, 6.07) is 0.540. The van der Waals surface area contributed by atoms with Crippen molar-refractivity contribution in [2.45, 2.75) is 38.1 Å². The van der Waals surface area contributed by atoms with Crippen LogP contribution in [-0.2, 0) is 4.79 Å². The molecule has 14 heavy (non-hydrogen) atoms. The predicted molar refractivity (Wildman–Crippen MR) is 55.0 cm³/mol. The second kappa shape index (κ2) is 6.79. The molecule has 0 atom stereocenters. The van der Waals surface area contributed by atoms with Gasteiger partial charge in [0, 0.05) is 19.2 Å². The van der Waals surface area contributed by atoms with E-state index in [0.717, 1.165) is 0 Å². The van der Waals surface area contributed by atoms with Crippen molar-refractivity contribution >= 4 is 5.91 Å². The van der Waals surface area contributed by atoms with Crippen molar-refractivity contribution in [1.82, 2.24) is 10.6 Å². The molecule has 1 amide bonds. The lowest BCUT2D eigenvalue weighted by Gasteiger charge is -2.11. The van der Waals surface area contributed by atoms with E-state index in [1.165, 1.54) is 25.7 Å². The van der Waals surface area contributed by atoms with Crippen molar-refractivity contribution in [2.24, 2.45) is 0 Å². The number of amides is 1. The highest BCUT2D eigenvalue weighted by molar-refractivity contribution is 5.77. The van der Waals surface area contributed by atoms with Crippen molar-refractivity contribution in [3.05, 3.63) is 0 Å². The fourth-order valence-electron chi connectivity index (χ4n) is 1.74. The highest BCUT2D eigenvalue weighted by Crippen LogP contribution is 2.16. The molecule has 0 bridgehead atoms. The second-order valence-electron chi connectivity index (χ2n) is 3.79. The summed E-state index contributed by atoms with van der Waals surface area (Å²) in [6.07, 6.45) is 5.59. The van der Waals surface area contributed by atoms with E-state index in [1.54, 1.807) is 0 Å². The van der Waals surface area contributed by atoms with Gasteiger partial charge in [0.25, 0.3) is 0 Å². The van der Waals surface area contributed by atoms with E-state index in [1.807, 2.05) is 0 Å². The van der Waals surface area contributed by atoms with Crippen LogP contribution < -0.4 is 10.6 Å². The minimum Gasteiger partial charge on any atom is -0.396 e. The zero-order chi connectivity index (χ0) is 10.2. The molecule has 0 radical (unpaired) electrons. The van der Waals surface area contributed by atoms with Crippen LogP contribution in [0.5, 0.6) is 0 Å². The molecule has 4 heteroatoms. The molecule has 1 saturated carbocycles. The molecule has 1 aliphatic carbocycles. The van der Waals surface area contributed by atoms with Crippen LogP contribution in [0.1, 0.15) is 32.1 Å². The van der Waals surface area contributed by atoms with Crippen LogP contribution >= 0.6 is 0 Å². The maximum atomic E-state index is 11.2. The third-order valence-electron chi connectivity index (χ3n) is 2.56. The van der Waals surface area contributed by atoms with Gasteiger partial charge in [0.15, 0.2) is 0 Å². The molecule has 0 saturated heterocycles. The van der Waals surface area contributed by atoms with Crippen LogP contribution in [0.15, 0.2) is 0 Å². The Hall–Kier alpha value is -0.610. The molecule has 0 heterocycles. The lowest BCUT2D eigenvalue weighted by Crippen LogP contribution is -2.38. The van der Waals surface area contributed by atoms with E-state index < -0.39 is 0 Å². The average molecular weight is 200 g/mol. The topological polar surface area (TPSA) is 61.4 Å². The normalized spacial score (nSPS) is 17.2. The van der Waals surface area contributed by atoms with Gasteiger partial charge in [-0.1, -0.05) is 12.8 Å². The van der Waals surface area contributed by atoms with Crippen molar-refractivity contribution < 1.29 is 9.90 Å². The number of rotatable bonds is 6. The van der Waals surface area contributed by atoms with E-state index in [9.17, 15) is 4.79 Å². The number of aliphatic hydroxyl groups excluding tert-OH is 1. The maximum Gasteiger partial charge on any atom is 0.233 e. The molecule has 0 aromatic heterocycles. The molecule has 0 unspecified atom stereocenters. The summed E-state index contributed by atoms with van der Waals surface area (Å²) in [5.41, 5.74) is 0. The summed E-state index contributed by atoms with van der Waals surface area (Å²) >= 11 is 0. The van der Waals surface area contributed by atoms with Crippen LogP contribution in [0.25, 0.3) is 0 Å². The molecule has 1 fully saturated rings. The minimum atomic E-state index is 0.0327. The molecule has 0 aliphatic heterocycles. The van der Waals surface area contributed by atoms with Crippen LogP contribution in [0, 0.1) is 0 Å². The van der Waals surface area contributed by atoms with Crippen LogP contribution in [0.3, 0.4) is 0 Å². The van der Waals surface area contributed by atoms with Gasteiger partial charge in [0.2, 0.25) is 5.91 Å². The first-order valence-corrected chi connectivity index (χ1v) is 5.44. The third-order valence-corrected chi connectivity index (χ3v) is 2.56. The van der Waals surface area contributed by atoms with Gasteiger partial charge in [-0.15, -0.1) is 0 Å². The molecule has 0 aromatic rings. The lowest BCUT2D eigenvalue weighted by atomic mass is 10.2. The third kappa shape index (κ3) is 4.58. The summed E-state index contributed by atoms with van der Waals surface area (Å²) in [4.78, 5) is 11.2. The van der Waals surface area contributed by atoms with Gasteiger partial charge in [-0.3, -0.25) is 4.79 Å². The van der Waals surface area contributed by atoms with Gasteiger partial charge < -0.3 is 15.7 Å². The first-order valence-electron chi connectivity index (χ1n) is 5.44. The number of aliphatic hydroxyl groups is 1. The lowest BCUT2D eigenvalue weighted by molar-refractivity contribution is -0.120. The van der Waals surface area contributed by atoms with Crippen LogP contribution in [0.2, 0.25) is 0 Å². The number of carbonyl (C=O) groups is 1. The fourth-order valence-corrected chi connectivity index (χ4v) is 1.74. The van der Waals surface area contributed by atoms with Crippen molar-refractivity contribution in [3.8, 4) is 0 Å².